The number of pyridine rings is 1. The van der Waals surface area contributed by atoms with Crippen LogP contribution in [0.1, 0.15) is 21.9 Å². The van der Waals surface area contributed by atoms with E-state index in [9.17, 15) is 9.90 Å². The van der Waals surface area contributed by atoms with E-state index < -0.39 is 0 Å². The molecule has 0 saturated carbocycles. The van der Waals surface area contributed by atoms with Crippen LogP contribution in [-0.4, -0.2) is 59.1 Å². The molecule has 1 N–H and O–H groups in total. The zero-order valence-electron chi connectivity index (χ0n) is 16.2. The summed E-state index contributed by atoms with van der Waals surface area (Å²) < 4.78 is 5.69. The van der Waals surface area contributed by atoms with Crippen LogP contribution in [0.15, 0.2) is 53.1 Å². The molecule has 1 fully saturated rings. The highest BCUT2D eigenvalue weighted by molar-refractivity contribution is 5.91. The number of benzene rings is 1. The van der Waals surface area contributed by atoms with Crippen LogP contribution in [0.5, 0.6) is 0 Å². The number of fused-ring (bicyclic) bond motifs is 1. The van der Waals surface area contributed by atoms with E-state index in [2.05, 4.69) is 16.0 Å². The van der Waals surface area contributed by atoms with Crippen molar-refractivity contribution in [3.8, 4) is 0 Å². The minimum absolute atomic E-state index is 0.143. The molecule has 1 aliphatic rings. The maximum absolute atomic E-state index is 12.0. The van der Waals surface area contributed by atoms with Crippen molar-refractivity contribution in [3.05, 3.63) is 65.7 Å². The molecule has 6 heteroatoms. The second-order valence-electron chi connectivity index (χ2n) is 7.68. The van der Waals surface area contributed by atoms with Crippen LogP contribution >= 0.6 is 0 Å². The van der Waals surface area contributed by atoms with Gasteiger partial charge in [-0.1, -0.05) is 18.2 Å². The first-order valence-corrected chi connectivity index (χ1v) is 9.54. The van der Waals surface area contributed by atoms with E-state index in [0.717, 1.165) is 29.6 Å². The van der Waals surface area contributed by atoms with E-state index in [-0.39, 0.29) is 17.9 Å². The van der Waals surface area contributed by atoms with E-state index >= 15 is 0 Å². The van der Waals surface area contributed by atoms with E-state index in [1.54, 1.807) is 20.2 Å². The second kappa shape index (κ2) is 7.73. The number of aromatic nitrogens is 1. The molecule has 2 atom stereocenters. The summed E-state index contributed by atoms with van der Waals surface area (Å²) in [4.78, 5) is 20.1. The first-order valence-electron chi connectivity index (χ1n) is 9.54. The molecule has 1 saturated heterocycles. The van der Waals surface area contributed by atoms with Crippen molar-refractivity contribution in [1.82, 2.24) is 14.8 Å². The summed E-state index contributed by atoms with van der Waals surface area (Å²) in [6, 6.07) is 13.7. The largest absolute Gasteiger partial charge is 0.455 e. The number of hydrogen-bond donors (Lipinski definition) is 1. The summed E-state index contributed by atoms with van der Waals surface area (Å²) in [5.74, 6) is 1.10. The fraction of sp³-hybridized carbons (Fsp3) is 0.364. The normalized spacial score (nSPS) is 20.0. The van der Waals surface area contributed by atoms with Gasteiger partial charge in [0, 0.05) is 44.7 Å². The van der Waals surface area contributed by atoms with E-state index in [0.29, 0.717) is 18.8 Å². The molecule has 28 heavy (non-hydrogen) atoms. The van der Waals surface area contributed by atoms with Crippen LogP contribution in [0.4, 0.5) is 0 Å². The molecular weight excluding hydrogens is 354 g/mol. The number of nitrogens with zero attached hydrogens (tertiary/aromatic N) is 3. The highest BCUT2D eigenvalue weighted by Gasteiger charge is 2.32. The fourth-order valence-corrected chi connectivity index (χ4v) is 3.91. The van der Waals surface area contributed by atoms with Gasteiger partial charge in [0.15, 0.2) is 5.76 Å². The van der Waals surface area contributed by atoms with E-state index in [1.165, 1.54) is 10.5 Å². The van der Waals surface area contributed by atoms with Gasteiger partial charge in [-0.2, -0.15) is 0 Å². The number of amides is 1. The van der Waals surface area contributed by atoms with Gasteiger partial charge < -0.3 is 14.4 Å². The number of furan rings is 1. The van der Waals surface area contributed by atoms with Gasteiger partial charge in [0.25, 0.3) is 5.91 Å². The Labute approximate surface area is 164 Å². The van der Waals surface area contributed by atoms with Crippen LogP contribution in [-0.2, 0) is 13.0 Å². The van der Waals surface area contributed by atoms with Gasteiger partial charge in [-0.3, -0.25) is 14.7 Å². The van der Waals surface area contributed by atoms with E-state index in [1.807, 2.05) is 36.5 Å². The van der Waals surface area contributed by atoms with Crippen molar-refractivity contribution in [1.29, 1.82) is 0 Å². The highest BCUT2D eigenvalue weighted by Crippen LogP contribution is 2.26. The van der Waals surface area contributed by atoms with Crippen molar-refractivity contribution in [3.63, 3.8) is 0 Å². The zero-order chi connectivity index (χ0) is 19.7. The quantitative estimate of drug-likeness (QED) is 0.738. The molecule has 3 aromatic rings. The Morgan fingerprint density at radius 1 is 1.21 bits per heavy atom. The summed E-state index contributed by atoms with van der Waals surface area (Å²) >= 11 is 0. The average molecular weight is 379 g/mol. The number of β-amino-alcohol motifs (C(OH)–C–C–N with tert-alkyl or cyclic N) is 1. The van der Waals surface area contributed by atoms with Crippen molar-refractivity contribution in [2.45, 2.75) is 19.1 Å². The summed E-state index contributed by atoms with van der Waals surface area (Å²) in [5.41, 5.74) is 2.20. The fourth-order valence-electron chi connectivity index (χ4n) is 3.91. The van der Waals surface area contributed by atoms with E-state index in [4.69, 9.17) is 4.42 Å². The predicted octanol–water partition coefficient (Wildman–Crippen LogP) is 2.57. The standard InChI is InChI=1S/C22H25N3O3/c1-24(2)22(27)21-8-7-17(28-21)13-25-12-16(20(26)14-25)11-15-9-10-23-19-6-4-3-5-18(15)19/h3-10,16,20,26H,11-14H2,1-2H3/t16-,20-/m1/s1. The molecule has 0 radical (unpaired) electrons. The topological polar surface area (TPSA) is 69.8 Å². The Balaban J connectivity index is 1.43. The first-order chi connectivity index (χ1) is 13.5. The molecule has 2 aromatic heterocycles. The summed E-state index contributed by atoms with van der Waals surface area (Å²) in [6.07, 6.45) is 2.26. The van der Waals surface area contributed by atoms with Crippen molar-refractivity contribution >= 4 is 16.8 Å². The number of aliphatic hydroxyl groups excluding tert-OH is 1. The molecule has 0 spiro atoms. The van der Waals surface area contributed by atoms with Gasteiger partial charge in [-0.05, 0) is 36.2 Å². The number of rotatable bonds is 5. The number of para-hydroxylation sites is 1. The Bertz CT molecular complexity index is 977. The lowest BCUT2D eigenvalue weighted by Crippen LogP contribution is -2.22. The number of carbonyl (C=O) groups is 1. The maximum Gasteiger partial charge on any atom is 0.289 e. The van der Waals surface area contributed by atoms with Gasteiger partial charge in [-0.25, -0.2) is 0 Å². The van der Waals surface area contributed by atoms with Gasteiger partial charge >= 0.3 is 0 Å². The summed E-state index contributed by atoms with van der Waals surface area (Å²) in [5, 5.41) is 11.7. The van der Waals surface area contributed by atoms with Crippen molar-refractivity contribution in [2.75, 3.05) is 27.2 Å². The SMILES string of the molecule is CN(C)C(=O)c1ccc(CN2C[C@@H](Cc3ccnc4ccccc34)[C@H](O)C2)o1. The summed E-state index contributed by atoms with van der Waals surface area (Å²) in [6.45, 7) is 1.98. The second-order valence-corrected chi connectivity index (χ2v) is 7.68. The van der Waals surface area contributed by atoms with Gasteiger partial charge in [0.05, 0.1) is 18.2 Å². The molecule has 1 amide bonds. The third kappa shape index (κ3) is 3.79. The Morgan fingerprint density at radius 3 is 2.86 bits per heavy atom. The van der Waals surface area contributed by atoms with Crippen molar-refractivity contribution in [2.24, 2.45) is 5.92 Å². The van der Waals surface area contributed by atoms with Crippen LogP contribution in [0.3, 0.4) is 0 Å². The maximum atomic E-state index is 12.0. The van der Waals surface area contributed by atoms with Gasteiger partial charge in [0.1, 0.15) is 5.76 Å². The number of aliphatic hydroxyl groups is 1. The molecule has 0 bridgehead atoms. The van der Waals surface area contributed by atoms with Gasteiger partial charge in [0.2, 0.25) is 0 Å². The molecule has 0 unspecified atom stereocenters. The molecule has 6 nitrogen and oxygen atoms in total. The lowest BCUT2D eigenvalue weighted by molar-refractivity contribution is 0.0792. The molecular formula is C22H25N3O3. The molecule has 4 rings (SSSR count). The molecule has 3 heterocycles. The van der Waals surface area contributed by atoms with Crippen LogP contribution in [0.25, 0.3) is 10.9 Å². The Morgan fingerprint density at radius 2 is 2.04 bits per heavy atom. The Hall–Kier alpha value is -2.70. The first kappa shape index (κ1) is 18.7. The highest BCUT2D eigenvalue weighted by atomic mass is 16.4. The van der Waals surface area contributed by atoms with Gasteiger partial charge in [-0.15, -0.1) is 0 Å². The molecule has 1 aliphatic heterocycles. The number of hydrogen-bond acceptors (Lipinski definition) is 5. The monoisotopic (exact) mass is 379 g/mol. The third-order valence-electron chi connectivity index (χ3n) is 5.36. The summed E-state index contributed by atoms with van der Waals surface area (Å²) in [7, 11) is 3.41. The minimum atomic E-state index is -0.384. The number of carbonyl (C=O) groups excluding carboxylic acids is 1. The third-order valence-corrected chi connectivity index (χ3v) is 5.36. The molecule has 1 aromatic carbocycles. The Kier molecular flexibility index (Phi) is 5.15. The smallest absolute Gasteiger partial charge is 0.289 e. The van der Waals surface area contributed by atoms with Crippen molar-refractivity contribution < 1.29 is 14.3 Å². The predicted molar refractivity (Wildman–Crippen MR) is 107 cm³/mol. The van der Waals surface area contributed by atoms with Crippen LogP contribution in [0, 0.1) is 5.92 Å². The average Bonchev–Trinajstić information content (AvgIpc) is 3.28. The van der Waals surface area contributed by atoms with Crippen LogP contribution < -0.4 is 0 Å². The lowest BCUT2D eigenvalue weighted by atomic mass is 9.94. The molecule has 146 valence electrons. The molecule has 0 aliphatic carbocycles. The zero-order valence-corrected chi connectivity index (χ0v) is 16.2. The minimum Gasteiger partial charge on any atom is -0.455 e. The lowest BCUT2D eigenvalue weighted by Gasteiger charge is -2.15. The van der Waals surface area contributed by atoms with Crippen LogP contribution in [0.2, 0.25) is 0 Å². The number of likely N-dealkylation sites (tertiary alicyclic amines) is 1.